The number of benzene rings is 1. The summed E-state index contributed by atoms with van der Waals surface area (Å²) in [6, 6.07) is 9.21. The molecule has 0 fully saturated rings. The summed E-state index contributed by atoms with van der Waals surface area (Å²) in [6.45, 7) is 2.64. The Balaban J connectivity index is 2.09. The van der Waals surface area contributed by atoms with Crippen LogP contribution in [0.5, 0.6) is 5.88 Å². The highest BCUT2D eigenvalue weighted by molar-refractivity contribution is 5.73. The molecule has 5 nitrogen and oxygen atoms in total. The molecule has 1 aliphatic heterocycles. The van der Waals surface area contributed by atoms with Crippen molar-refractivity contribution >= 4 is 5.82 Å². The van der Waals surface area contributed by atoms with Gasteiger partial charge >= 0.3 is 0 Å². The molecule has 3 rings (SSSR count). The minimum absolute atomic E-state index is 0.107. The number of aromatic nitrogens is 2. The van der Waals surface area contributed by atoms with Gasteiger partial charge < -0.3 is 10.0 Å². The molecule has 0 saturated heterocycles. The number of aryl methyl sites for hydroxylation is 1. The molecule has 0 amide bonds. The number of hydrogen-bond acceptors (Lipinski definition) is 4. The SMILES string of the molecule is Cc1nn(C2=CC=CCN2C)c(O)c1-c1ccc(C#N)cc1. The van der Waals surface area contributed by atoms with Crippen LogP contribution < -0.4 is 0 Å². The van der Waals surface area contributed by atoms with Crippen molar-refractivity contribution in [1.29, 1.82) is 5.26 Å². The molecule has 0 atom stereocenters. The van der Waals surface area contributed by atoms with Crippen molar-refractivity contribution in [1.82, 2.24) is 14.7 Å². The normalized spacial score (nSPS) is 13.9. The lowest BCUT2D eigenvalue weighted by molar-refractivity contribution is 0.410. The van der Waals surface area contributed by atoms with Crippen molar-refractivity contribution in [3.63, 3.8) is 0 Å². The standard InChI is InChI=1S/C17H16N4O/c1-12-16(14-8-6-13(11-18)7-9-14)17(22)21(19-12)15-5-3-4-10-20(15)2/h3-9,22H,10H2,1-2H3. The Morgan fingerprint density at radius 1 is 1.27 bits per heavy atom. The Labute approximate surface area is 129 Å². The summed E-state index contributed by atoms with van der Waals surface area (Å²) in [5.74, 6) is 0.929. The second kappa shape index (κ2) is 5.41. The Kier molecular flexibility index (Phi) is 3.43. The summed E-state index contributed by atoms with van der Waals surface area (Å²) in [6.07, 6.45) is 5.91. The number of allylic oxidation sites excluding steroid dienone is 2. The van der Waals surface area contributed by atoms with E-state index in [1.807, 2.05) is 49.2 Å². The quantitative estimate of drug-likeness (QED) is 0.924. The van der Waals surface area contributed by atoms with Crippen molar-refractivity contribution in [2.24, 2.45) is 0 Å². The second-order valence-corrected chi connectivity index (χ2v) is 5.22. The average Bonchev–Trinajstić information content (AvgIpc) is 2.83. The maximum atomic E-state index is 10.6. The van der Waals surface area contributed by atoms with E-state index in [1.165, 1.54) is 0 Å². The summed E-state index contributed by atoms with van der Waals surface area (Å²) < 4.78 is 1.55. The zero-order chi connectivity index (χ0) is 15.7. The highest BCUT2D eigenvalue weighted by Crippen LogP contribution is 2.34. The molecule has 1 aromatic heterocycles. The van der Waals surface area contributed by atoms with Crippen LogP contribution in [0, 0.1) is 18.3 Å². The van der Waals surface area contributed by atoms with Crippen LogP contribution in [0.3, 0.4) is 0 Å². The van der Waals surface area contributed by atoms with Crippen molar-refractivity contribution in [3.05, 3.63) is 53.8 Å². The number of likely N-dealkylation sites (N-methyl/N-ethyl adjacent to an activating group) is 1. The molecule has 1 N–H and O–H groups in total. The zero-order valence-corrected chi connectivity index (χ0v) is 12.5. The maximum Gasteiger partial charge on any atom is 0.223 e. The topological polar surface area (TPSA) is 65.1 Å². The summed E-state index contributed by atoms with van der Waals surface area (Å²) in [5, 5.41) is 23.9. The number of nitriles is 1. The predicted octanol–water partition coefficient (Wildman–Crippen LogP) is 2.74. The second-order valence-electron chi connectivity index (χ2n) is 5.22. The van der Waals surface area contributed by atoms with Gasteiger partial charge in [-0.1, -0.05) is 24.3 Å². The number of hydrogen-bond donors (Lipinski definition) is 1. The molecule has 1 aromatic carbocycles. The monoisotopic (exact) mass is 292 g/mol. The highest BCUT2D eigenvalue weighted by Gasteiger charge is 2.20. The van der Waals surface area contributed by atoms with Gasteiger partial charge in [-0.25, -0.2) is 0 Å². The van der Waals surface area contributed by atoms with E-state index in [-0.39, 0.29) is 5.88 Å². The molecule has 2 aromatic rings. The van der Waals surface area contributed by atoms with Gasteiger partial charge in [-0.2, -0.15) is 15.0 Å². The van der Waals surface area contributed by atoms with Gasteiger partial charge in [-0.05, 0) is 30.7 Å². The Hall–Kier alpha value is -3.00. The average molecular weight is 292 g/mol. The van der Waals surface area contributed by atoms with Gasteiger partial charge in [-0.15, -0.1) is 0 Å². The number of aromatic hydroxyl groups is 1. The molecule has 0 unspecified atom stereocenters. The van der Waals surface area contributed by atoms with Crippen LogP contribution in [0.25, 0.3) is 16.9 Å². The van der Waals surface area contributed by atoms with E-state index >= 15 is 0 Å². The molecule has 0 bridgehead atoms. The molecule has 1 aliphatic rings. The minimum Gasteiger partial charge on any atom is -0.493 e. The highest BCUT2D eigenvalue weighted by atomic mass is 16.3. The van der Waals surface area contributed by atoms with Crippen molar-refractivity contribution in [2.75, 3.05) is 13.6 Å². The smallest absolute Gasteiger partial charge is 0.223 e. The van der Waals surface area contributed by atoms with Crippen LogP contribution in [0.15, 0.2) is 42.5 Å². The lowest BCUT2D eigenvalue weighted by Crippen LogP contribution is -2.23. The van der Waals surface area contributed by atoms with Crippen molar-refractivity contribution in [3.8, 4) is 23.1 Å². The van der Waals surface area contributed by atoms with E-state index < -0.39 is 0 Å². The molecule has 22 heavy (non-hydrogen) atoms. The van der Waals surface area contributed by atoms with E-state index in [1.54, 1.807) is 16.8 Å². The third-order valence-electron chi connectivity index (χ3n) is 3.71. The summed E-state index contributed by atoms with van der Waals surface area (Å²) >= 11 is 0. The van der Waals surface area contributed by atoms with Crippen LogP contribution in [0.4, 0.5) is 0 Å². The van der Waals surface area contributed by atoms with Gasteiger partial charge in [0.2, 0.25) is 5.88 Å². The fourth-order valence-electron chi connectivity index (χ4n) is 2.55. The van der Waals surface area contributed by atoms with Gasteiger partial charge in [0.15, 0.2) is 0 Å². The van der Waals surface area contributed by atoms with Gasteiger partial charge in [0.05, 0.1) is 22.9 Å². The van der Waals surface area contributed by atoms with Crippen LogP contribution >= 0.6 is 0 Å². The fraction of sp³-hybridized carbons (Fsp3) is 0.176. The number of rotatable bonds is 2. The number of nitrogens with zero attached hydrogens (tertiary/aromatic N) is 4. The third kappa shape index (κ3) is 2.25. The molecular formula is C17H16N4O. The van der Waals surface area contributed by atoms with Gasteiger partial charge in [0, 0.05) is 13.6 Å². The summed E-state index contributed by atoms with van der Waals surface area (Å²) in [7, 11) is 1.95. The first-order chi connectivity index (χ1) is 10.6. The molecule has 0 saturated carbocycles. The Bertz CT molecular complexity index is 806. The summed E-state index contributed by atoms with van der Waals surface area (Å²) in [5.41, 5.74) is 2.86. The molecule has 5 heteroatoms. The van der Waals surface area contributed by atoms with Gasteiger partial charge in [-0.3, -0.25) is 0 Å². The lowest BCUT2D eigenvalue weighted by Gasteiger charge is -2.23. The summed E-state index contributed by atoms with van der Waals surface area (Å²) in [4.78, 5) is 2.01. The molecule has 0 spiro atoms. The maximum absolute atomic E-state index is 10.6. The molecule has 0 aliphatic carbocycles. The van der Waals surface area contributed by atoms with Crippen molar-refractivity contribution < 1.29 is 5.11 Å². The molecule has 0 radical (unpaired) electrons. The molecule has 110 valence electrons. The Morgan fingerprint density at radius 3 is 2.64 bits per heavy atom. The zero-order valence-electron chi connectivity index (χ0n) is 12.5. The largest absolute Gasteiger partial charge is 0.493 e. The minimum atomic E-state index is 0.107. The van der Waals surface area contributed by atoms with Crippen LogP contribution in [0.1, 0.15) is 11.3 Å². The van der Waals surface area contributed by atoms with Gasteiger partial charge in [0.1, 0.15) is 5.82 Å². The van der Waals surface area contributed by atoms with E-state index in [9.17, 15) is 5.11 Å². The fourth-order valence-corrected chi connectivity index (χ4v) is 2.55. The predicted molar refractivity (Wildman–Crippen MR) is 84.8 cm³/mol. The third-order valence-corrected chi connectivity index (χ3v) is 3.71. The first-order valence-electron chi connectivity index (χ1n) is 6.99. The first-order valence-corrected chi connectivity index (χ1v) is 6.99. The van der Waals surface area contributed by atoms with Gasteiger partial charge in [0.25, 0.3) is 0 Å². The van der Waals surface area contributed by atoms with Crippen LogP contribution in [-0.2, 0) is 0 Å². The van der Waals surface area contributed by atoms with Crippen LogP contribution in [-0.4, -0.2) is 33.4 Å². The first kappa shape index (κ1) is 14.0. The van der Waals surface area contributed by atoms with Crippen LogP contribution in [0.2, 0.25) is 0 Å². The van der Waals surface area contributed by atoms with E-state index in [2.05, 4.69) is 11.2 Å². The van der Waals surface area contributed by atoms with E-state index in [4.69, 9.17) is 5.26 Å². The molecular weight excluding hydrogens is 276 g/mol. The molecule has 2 heterocycles. The lowest BCUT2D eigenvalue weighted by atomic mass is 10.0. The Morgan fingerprint density at radius 2 is 2.00 bits per heavy atom. The van der Waals surface area contributed by atoms with Crippen molar-refractivity contribution in [2.45, 2.75) is 6.92 Å². The van der Waals surface area contributed by atoms with E-state index in [0.717, 1.165) is 23.6 Å². The van der Waals surface area contributed by atoms with E-state index in [0.29, 0.717) is 11.1 Å².